The van der Waals surface area contributed by atoms with E-state index in [1.54, 1.807) is 25.8 Å². The molecule has 2 aromatic carbocycles. The molecule has 5 rings (SSSR count). The molecule has 0 radical (unpaired) electrons. The van der Waals surface area contributed by atoms with E-state index in [2.05, 4.69) is 19.9 Å². The second-order valence-corrected chi connectivity index (χ2v) is 8.00. The number of methoxy groups -OCH3 is 1. The van der Waals surface area contributed by atoms with Crippen LogP contribution in [0.2, 0.25) is 0 Å². The predicted molar refractivity (Wildman–Crippen MR) is 134 cm³/mol. The average Bonchev–Trinajstić information content (AvgIpc) is 3.29. The number of aromatic nitrogens is 3. The van der Waals surface area contributed by atoms with E-state index < -0.39 is 0 Å². The lowest BCUT2D eigenvalue weighted by atomic mass is 10.0. The zero-order valence-corrected chi connectivity index (χ0v) is 20.1. The summed E-state index contributed by atoms with van der Waals surface area (Å²) in [7, 11) is 1.63. The Morgan fingerprint density at radius 2 is 1.97 bits per heavy atom. The number of fused-ring (bicyclic) bond motifs is 2. The Hall–Kier alpha value is -3.58. The number of nitrogens with one attached hydrogen (secondary N) is 1. The minimum absolute atomic E-state index is 0. The van der Waals surface area contributed by atoms with Gasteiger partial charge in [-0.3, -0.25) is 4.90 Å². The maximum absolute atomic E-state index is 8.86. The molecule has 0 atom stereocenters. The maximum atomic E-state index is 8.86. The van der Waals surface area contributed by atoms with Gasteiger partial charge in [0.2, 0.25) is 0 Å². The Morgan fingerprint density at radius 1 is 1.11 bits per heavy atom. The molecule has 0 aliphatic carbocycles. The summed E-state index contributed by atoms with van der Waals surface area (Å²) in [5, 5.41) is 10.6. The number of morpholine rings is 1. The number of nitriles is 1. The van der Waals surface area contributed by atoms with Crippen molar-refractivity contribution in [2.24, 2.45) is 0 Å². The van der Waals surface area contributed by atoms with Gasteiger partial charge in [0.15, 0.2) is 11.5 Å². The van der Waals surface area contributed by atoms with Crippen LogP contribution in [0.25, 0.3) is 33.1 Å². The Bertz CT molecular complexity index is 1350. The maximum Gasteiger partial charge on any atom is 0.292 e. The van der Waals surface area contributed by atoms with Crippen molar-refractivity contribution >= 4 is 34.2 Å². The largest absolute Gasteiger partial charge is 0.493 e. The number of nitrogens with zero attached hydrogens (tertiary/aromatic N) is 4. The summed E-state index contributed by atoms with van der Waals surface area (Å²) in [6, 6.07) is 9.25. The minimum Gasteiger partial charge on any atom is -0.493 e. The SMILES string of the molecule is COc1cc2c(-c3c[nH]c4ccc(OC#N)cc34)ncnc2cc1OCCCN1CCOCC1.Cl. The highest BCUT2D eigenvalue weighted by Crippen LogP contribution is 2.38. The first-order valence-electron chi connectivity index (χ1n) is 11.2. The summed E-state index contributed by atoms with van der Waals surface area (Å²) in [6.45, 7) is 5.09. The van der Waals surface area contributed by atoms with Gasteiger partial charge in [-0.05, 0) is 30.7 Å². The summed E-state index contributed by atoms with van der Waals surface area (Å²) in [6.07, 6.45) is 6.07. The zero-order chi connectivity index (χ0) is 23.3. The van der Waals surface area contributed by atoms with Crippen LogP contribution in [-0.4, -0.2) is 66.4 Å². The fourth-order valence-corrected chi connectivity index (χ4v) is 4.26. The highest BCUT2D eigenvalue weighted by molar-refractivity contribution is 6.03. The first kappa shape index (κ1) is 24.5. The standard InChI is InChI=1S/C25H25N5O4.ClH/c1-31-23-12-19-22(13-24(23)33-8-2-5-30-6-9-32-10-7-30)28-16-29-25(19)20-14-27-21-4-3-17(34-15-26)11-18(20)21;/h3-4,11-14,16,27H,2,5-10H2,1H3;1H. The van der Waals surface area contributed by atoms with Crippen LogP contribution >= 0.6 is 12.4 Å². The molecule has 3 heterocycles. The molecule has 1 saturated heterocycles. The molecule has 35 heavy (non-hydrogen) atoms. The zero-order valence-electron chi connectivity index (χ0n) is 19.3. The van der Waals surface area contributed by atoms with Gasteiger partial charge >= 0.3 is 0 Å². The fourth-order valence-electron chi connectivity index (χ4n) is 4.26. The first-order chi connectivity index (χ1) is 16.8. The lowest BCUT2D eigenvalue weighted by molar-refractivity contribution is 0.0357. The molecule has 182 valence electrons. The van der Waals surface area contributed by atoms with Crippen LogP contribution in [0.3, 0.4) is 0 Å². The van der Waals surface area contributed by atoms with E-state index in [9.17, 15) is 0 Å². The van der Waals surface area contributed by atoms with Crippen LogP contribution in [0, 0.1) is 11.5 Å². The number of halogens is 1. The third-order valence-corrected chi connectivity index (χ3v) is 5.97. The molecule has 0 unspecified atom stereocenters. The Labute approximate surface area is 209 Å². The summed E-state index contributed by atoms with van der Waals surface area (Å²) >= 11 is 0. The number of benzene rings is 2. The molecule has 0 amide bonds. The number of ether oxygens (including phenoxy) is 4. The molecular weight excluding hydrogens is 470 g/mol. The Kier molecular flexibility index (Phi) is 7.87. The lowest BCUT2D eigenvalue weighted by Gasteiger charge is -2.26. The Morgan fingerprint density at radius 3 is 2.77 bits per heavy atom. The predicted octanol–water partition coefficient (Wildman–Crippen LogP) is 4.17. The van der Waals surface area contributed by atoms with Gasteiger partial charge in [-0.1, -0.05) is 0 Å². The average molecular weight is 496 g/mol. The number of rotatable bonds is 8. The molecule has 1 fully saturated rings. The van der Waals surface area contributed by atoms with Gasteiger partial charge in [0.25, 0.3) is 6.26 Å². The smallest absolute Gasteiger partial charge is 0.292 e. The quantitative estimate of drug-likeness (QED) is 0.287. The molecule has 0 saturated carbocycles. The van der Waals surface area contributed by atoms with E-state index in [0.717, 1.165) is 72.3 Å². The highest BCUT2D eigenvalue weighted by Gasteiger charge is 2.16. The van der Waals surface area contributed by atoms with Crippen LogP contribution in [0.4, 0.5) is 0 Å². The van der Waals surface area contributed by atoms with Crippen LogP contribution in [-0.2, 0) is 4.74 Å². The van der Waals surface area contributed by atoms with Gasteiger partial charge < -0.3 is 23.9 Å². The van der Waals surface area contributed by atoms with Crippen LogP contribution in [0.5, 0.6) is 17.2 Å². The van der Waals surface area contributed by atoms with Crippen LogP contribution < -0.4 is 14.2 Å². The number of hydrogen-bond donors (Lipinski definition) is 1. The third kappa shape index (κ3) is 5.25. The number of hydrogen-bond acceptors (Lipinski definition) is 8. The molecular formula is C25H26ClN5O4. The van der Waals surface area contributed by atoms with Crippen molar-refractivity contribution in [3.8, 4) is 34.8 Å². The van der Waals surface area contributed by atoms with E-state index in [1.807, 2.05) is 30.5 Å². The highest BCUT2D eigenvalue weighted by atomic mass is 35.5. The molecule has 0 spiro atoms. The van der Waals surface area contributed by atoms with Crippen LogP contribution in [0.1, 0.15) is 6.42 Å². The van der Waals surface area contributed by atoms with Crippen molar-refractivity contribution in [2.45, 2.75) is 6.42 Å². The molecule has 1 aliphatic heterocycles. The molecule has 9 nitrogen and oxygen atoms in total. The summed E-state index contributed by atoms with van der Waals surface area (Å²) in [5.74, 6) is 1.76. The first-order valence-corrected chi connectivity index (χ1v) is 11.2. The molecule has 2 aromatic heterocycles. The number of H-pyrrole nitrogens is 1. The van der Waals surface area contributed by atoms with Crippen molar-refractivity contribution in [3.05, 3.63) is 42.9 Å². The van der Waals surface area contributed by atoms with Crippen LogP contribution in [0.15, 0.2) is 42.9 Å². The lowest BCUT2D eigenvalue weighted by Crippen LogP contribution is -2.37. The van der Waals surface area contributed by atoms with E-state index in [1.165, 1.54) is 0 Å². The molecule has 10 heteroatoms. The molecule has 0 bridgehead atoms. The van der Waals surface area contributed by atoms with Crippen molar-refractivity contribution in [3.63, 3.8) is 0 Å². The normalized spacial score (nSPS) is 13.8. The number of aromatic amines is 1. The van der Waals surface area contributed by atoms with E-state index in [0.29, 0.717) is 23.9 Å². The fraction of sp³-hybridized carbons (Fsp3) is 0.320. The van der Waals surface area contributed by atoms with E-state index in [4.69, 9.17) is 24.2 Å². The van der Waals surface area contributed by atoms with Crippen molar-refractivity contribution < 1.29 is 18.9 Å². The van der Waals surface area contributed by atoms with Gasteiger partial charge in [-0.15, -0.1) is 17.7 Å². The second-order valence-electron chi connectivity index (χ2n) is 8.00. The third-order valence-electron chi connectivity index (χ3n) is 5.97. The molecule has 1 N–H and O–H groups in total. The summed E-state index contributed by atoms with van der Waals surface area (Å²) in [5.41, 5.74) is 3.31. The minimum atomic E-state index is 0. The van der Waals surface area contributed by atoms with Gasteiger partial charge in [-0.25, -0.2) is 9.97 Å². The summed E-state index contributed by atoms with van der Waals surface area (Å²) in [4.78, 5) is 14.7. The second kappa shape index (κ2) is 11.2. The van der Waals surface area contributed by atoms with Crippen molar-refractivity contribution in [1.82, 2.24) is 19.9 Å². The van der Waals surface area contributed by atoms with Crippen molar-refractivity contribution in [1.29, 1.82) is 5.26 Å². The van der Waals surface area contributed by atoms with E-state index >= 15 is 0 Å². The topological polar surface area (TPSA) is 106 Å². The van der Waals surface area contributed by atoms with Crippen molar-refractivity contribution in [2.75, 3.05) is 46.6 Å². The Balaban J connectivity index is 0.00000289. The molecule has 4 aromatic rings. The van der Waals surface area contributed by atoms with Gasteiger partial charge in [-0.2, -0.15) is 0 Å². The van der Waals surface area contributed by atoms with Gasteiger partial charge in [0.1, 0.15) is 12.1 Å². The van der Waals surface area contributed by atoms with Gasteiger partial charge in [0.05, 0.1) is 38.1 Å². The van der Waals surface area contributed by atoms with E-state index in [-0.39, 0.29) is 12.4 Å². The molecule has 1 aliphatic rings. The monoisotopic (exact) mass is 495 g/mol. The van der Waals surface area contributed by atoms with Gasteiger partial charge in [0, 0.05) is 53.8 Å². The summed E-state index contributed by atoms with van der Waals surface area (Å²) < 4.78 is 22.1.